The lowest BCUT2D eigenvalue weighted by atomic mass is 10.1. The van der Waals surface area contributed by atoms with Gasteiger partial charge in [-0.15, -0.1) is 11.3 Å². The highest BCUT2D eigenvalue weighted by Crippen LogP contribution is 2.33. The summed E-state index contributed by atoms with van der Waals surface area (Å²) < 4.78 is 48.2. The van der Waals surface area contributed by atoms with Gasteiger partial charge in [-0.2, -0.15) is 0 Å². The van der Waals surface area contributed by atoms with Gasteiger partial charge in [-0.1, -0.05) is 18.2 Å². The number of likely N-dealkylation sites (N-methyl/N-ethyl adjacent to an activating group) is 1. The molecule has 0 bridgehead atoms. The smallest absolute Gasteiger partial charge is 0.178 e. The van der Waals surface area contributed by atoms with Crippen LogP contribution in [0.5, 0.6) is 5.75 Å². The Labute approximate surface area is 187 Å². The Kier molecular flexibility index (Phi) is 5.43. The van der Waals surface area contributed by atoms with Crippen molar-refractivity contribution in [2.24, 2.45) is 0 Å². The second-order valence-corrected chi connectivity index (χ2v) is 9.17. The summed E-state index contributed by atoms with van der Waals surface area (Å²) in [6.45, 7) is 5.19. The second kappa shape index (κ2) is 8.26. The average Bonchev–Trinajstić information content (AvgIpc) is 3.25. The highest BCUT2D eigenvalue weighted by atomic mass is 32.1. The third kappa shape index (κ3) is 3.67. The molecular weight excluding hydrogens is 435 g/mol. The minimum atomic E-state index is -1.17. The Balaban J connectivity index is 1.42. The summed E-state index contributed by atoms with van der Waals surface area (Å²) in [6.07, 6.45) is 0. The normalized spacial score (nSPS) is 15.1. The van der Waals surface area contributed by atoms with Crippen molar-refractivity contribution in [3.63, 3.8) is 0 Å². The van der Waals surface area contributed by atoms with Crippen molar-refractivity contribution in [2.45, 2.75) is 13.5 Å². The molecule has 3 aromatic carbocycles. The van der Waals surface area contributed by atoms with E-state index in [4.69, 9.17) is 4.74 Å². The van der Waals surface area contributed by atoms with Crippen LogP contribution in [0.25, 0.3) is 21.0 Å². The Morgan fingerprint density at radius 3 is 2.56 bits per heavy atom. The van der Waals surface area contributed by atoms with E-state index in [1.165, 1.54) is 6.92 Å². The zero-order chi connectivity index (χ0) is 22.4. The van der Waals surface area contributed by atoms with Crippen LogP contribution >= 0.6 is 11.3 Å². The van der Waals surface area contributed by atoms with Crippen molar-refractivity contribution < 1.29 is 17.9 Å². The maximum Gasteiger partial charge on any atom is 0.178 e. The molecule has 2 heterocycles. The lowest BCUT2D eigenvalue weighted by Gasteiger charge is -2.34. The predicted octanol–water partition coefficient (Wildman–Crippen LogP) is 5.51. The van der Waals surface area contributed by atoms with Crippen molar-refractivity contribution in [3.05, 3.63) is 64.4 Å². The van der Waals surface area contributed by atoms with Gasteiger partial charge in [0.15, 0.2) is 17.5 Å². The minimum absolute atomic E-state index is 0.0427. The first-order valence-electron chi connectivity index (χ1n) is 10.4. The maximum atomic E-state index is 14.3. The van der Waals surface area contributed by atoms with Crippen molar-refractivity contribution in [3.8, 4) is 5.75 Å². The fourth-order valence-electron chi connectivity index (χ4n) is 4.06. The molecule has 1 aliphatic rings. The summed E-state index contributed by atoms with van der Waals surface area (Å²) in [5, 5.41) is 2.59. The van der Waals surface area contributed by atoms with E-state index < -0.39 is 17.5 Å². The van der Waals surface area contributed by atoms with Gasteiger partial charge in [-0.25, -0.2) is 18.2 Å². The molecule has 1 saturated heterocycles. The van der Waals surface area contributed by atoms with Crippen LogP contribution in [0.2, 0.25) is 0 Å². The number of hydrogen-bond donors (Lipinski definition) is 0. The molecule has 0 spiro atoms. The Bertz CT molecular complexity index is 1270. The molecule has 1 aromatic heterocycles. The molecule has 0 amide bonds. The highest BCUT2D eigenvalue weighted by molar-refractivity contribution is 7.18. The Hall–Kier alpha value is -2.84. The number of ether oxygens (including phenoxy) is 1. The van der Waals surface area contributed by atoms with Gasteiger partial charge >= 0.3 is 0 Å². The number of halogens is 3. The van der Waals surface area contributed by atoms with E-state index in [2.05, 4.69) is 40.0 Å². The zero-order valence-electron chi connectivity index (χ0n) is 17.8. The summed E-state index contributed by atoms with van der Waals surface area (Å²) >= 11 is 0.906. The molecule has 0 saturated carbocycles. The molecule has 0 aliphatic carbocycles. The van der Waals surface area contributed by atoms with Crippen molar-refractivity contribution in [1.29, 1.82) is 0 Å². The number of thiazole rings is 1. The van der Waals surface area contributed by atoms with Crippen LogP contribution in [-0.4, -0.2) is 43.1 Å². The summed E-state index contributed by atoms with van der Waals surface area (Å²) in [4.78, 5) is 8.84. The van der Waals surface area contributed by atoms with E-state index in [9.17, 15) is 13.2 Å². The molecule has 1 fully saturated rings. The van der Waals surface area contributed by atoms with Gasteiger partial charge in [0, 0.05) is 42.8 Å². The van der Waals surface area contributed by atoms with Crippen LogP contribution in [0.15, 0.2) is 36.4 Å². The van der Waals surface area contributed by atoms with Crippen LogP contribution in [-0.2, 0) is 6.61 Å². The molecule has 0 atom stereocenters. The van der Waals surface area contributed by atoms with Gasteiger partial charge < -0.3 is 14.5 Å². The molecule has 4 aromatic rings. The highest BCUT2D eigenvalue weighted by Gasteiger charge is 2.21. The molecule has 1 aliphatic heterocycles. The van der Waals surface area contributed by atoms with Crippen molar-refractivity contribution >= 4 is 38.0 Å². The Morgan fingerprint density at radius 1 is 1.00 bits per heavy atom. The number of nitrogens with zero attached hydrogens (tertiary/aromatic N) is 3. The standard InChI is InChI=1S/C24H22F3N3OS/c1-14-20(25)22(27)24-23(21(14)26)28-19(32-24)13-31-16-7-6-15-4-3-5-18(17(15)12-16)30-10-8-29(2)9-11-30/h3-7,12H,8-11,13H2,1-2H3. The van der Waals surface area contributed by atoms with Gasteiger partial charge in [0.25, 0.3) is 0 Å². The lowest BCUT2D eigenvalue weighted by molar-refractivity contribution is 0.306. The third-order valence-electron chi connectivity index (χ3n) is 5.97. The van der Waals surface area contributed by atoms with Gasteiger partial charge in [0.2, 0.25) is 0 Å². The van der Waals surface area contributed by atoms with E-state index in [0.717, 1.165) is 54.0 Å². The first-order chi connectivity index (χ1) is 15.4. The molecule has 5 rings (SSSR count). The van der Waals surface area contributed by atoms with Crippen LogP contribution in [0, 0.1) is 24.4 Å². The lowest BCUT2D eigenvalue weighted by Crippen LogP contribution is -2.44. The van der Waals surface area contributed by atoms with E-state index in [-0.39, 0.29) is 22.4 Å². The van der Waals surface area contributed by atoms with E-state index in [0.29, 0.717) is 10.8 Å². The fourth-order valence-corrected chi connectivity index (χ4v) is 4.96. The van der Waals surface area contributed by atoms with Crippen LogP contribution in [0.3, 0.4) is 0 Å². The molecule has 0 unspecified atom stereocenters. The largest absolute Gasteiger partial charge is 0.486 e. The zero-order valence-corrected chi connectivity index (χ0v) is 18.6. The van der Waals surface area contributed by atoms with Crippen molar-refractivity contribution in [2.75, 3.05) is 38.1 Å². The predicted molar refractivity (Wildman–Crippen MR) is 122 cm³/mol. The van der Waals surface area contributed by atoms with Crippen LogP contribution < -0.4 is 9.64 Å². The third-order valence-corrected chi connectivity index (χ3v) is 6.99. The molecule has 32 heavy (non-hydrogen) atoms. The van der Waals surface area contributed by atoms with Gasteiger partial charge in [-0.05, 0) is 37.6 Å². The SMILES string of the molecule is Cc1c(F)c(F)c2sc(COc3ccc4cccc(N5CCN(C)CC5)c4c3)nc2c1F. The summed E-state index contributed by atoms with van der Waals surface area (Å²) in [7, 11) is 2.13. The number of rotatable bonds is 4. The molecule has 0 N–H and O–H groups in total. The average molecular weight is 458 g/mol. The first kappa shape index (κ1) is 21.0. The quantitative estimate of drug-likeness (QED) is 0.378. The summed E-state index contributed by atoms with van der Waals surface area (Å²) in [5.74, 6) is -2.42. The summed E-state index contributed by atoms with van der Waals surface area (Å²) in [6, 6.07) is 12.1. The topological polar surface area (TPSA) is 28.6 Å². The number of aromatic nitrogens is 1. The van der Waals surface area contributed by atoms with Crippen molar-refractivity contribution in [1.82, 2.24) is 9.88 Å². The molecular formula is C24H22F3N3OS. The second-order valence-electron chi connectivity index (χ2n) is 8.09. The summed E-state index contributed by atoms with van der Waals surface area (Å²) in [5.41, 5.74) is 0.649. The van der Waals surface area contributed by atoms with Crippen LogP contribution in [0.1, 0.15) is 10.6 Å². The number of hydrogen-bond acceptors (Lipinski definition) is 5. The van der Waals surface area contributed by atoms with Gasteiger partial charge in [0.1, 0.15) is 22.9 Å². The monoisotopic (exact) mass is 457 g/mol. The fraction of sp³-hybridized carbons (Fsp3) is 0.292. The number of piperazine rings is 1. The number of benzene rings is 3. The molecule has 0 radical (unpaired) electrons. The van der Waals surface area contributed by atoms with E-state index in [1.54, 1.807) is 0 Å². The van der Waals surface area contributed by atoms with E-state index >= 15 is 0 Å². The van der Waals surface area contributed by atoms with Gasteiger partial charge in [0.05, 0.1) is 4.70 Å². The molecule has 4 nitrogen and oxygen atoms in total. The van der Waals surface area contributed by atoms with Crippen LogP contribution in [0.4, 0.5) is 18.9 Å². The Morgan fingerprint density at radius 2 is 1.78 bits per heavy atom. The van der Waals surface area contributed by atoms with Gasteiger partial charge in [-0.3, -0.25) is 0 Å². The number of fused-ring (bicyclic) bond motifs is 2. The number of anilines is 1. The minimum Gasteiger partial charge on any atom is -0.486 e. The van der Waals surface area contributed by atoms with E-state index in [1.807, 2.05) is 18.2 Å². The first-order valence-corrected chi connectivity index (χ1v) is 11.3. The molecule has 8 heteroatoms. The maximum absolute atomic E-state index is 14.3. The molecule has 166 valence electrons.